The Labute approximate surface area is 92.0 Å². The lowest BCUT2D eigenvalue weighted by Gasteiger charge is -2.13. The van der Waals surface area contributed by atoms with E-state index < -0.39 is 11.6 Å². The fraction of sp³-hybridized carbons (Fsp3) is 0.364. The van der Waals surface area contributed by atoms with Crippen LogP contribution in [0.3, 0.4) is 0 Å². The Morgan fingerprint density at radius 2 is 1.88 bits per heavy atom. The standard InChI is InChI=1S/C11H12F2O3/c1-15-10-7(4-3-5-14)6-8(12)9(13)11(10)16-2/h5-6H,3-4H2,1-2H3. The molecule has 1 aromatic rings. The Morgan fingerprint density at radius 3 is 2.38 bits per heavy atom. The van der Waals surface area contributed by atoms with Crippen molar-refractivity contribution in [1.82, 2.24) is 0 Å². The van der Waals surface area contributed by atoms with Gasteiger partial charge in [0.05, 0.1) is 14.2 Å². The van der Waals surface area contributed by atoms with Crippen molar-refractivity contribution < 1.29 is 23.0 Å². The lowest BCUT2D eigenvalue weighted by molar-refractivity contribution is -0.107. The predicted molar refractivity (Wildman–Crippen MR) is 53.8 cm³/mol. The summed E-state index contributed by atoms with van der Waals surface area (Å²) in [6.07, 6.45) is 1.19. The summed E-state index contributed by atoms with van der Waals surface area (Å²) in [6.45, 7) is 0. The smallest absolute Gasteiger partial charge is 0.204 e. The van der Waals surface area contributed by atoms with E-state index in [4.69, 9.17) is 9.47 Å². The van der Waals surface area contributed by atoms with Crippen molar-refractivity contribution in [3.8, 4) is 11.5 Å². The van der Waals surface area contributed by atoms with Crippen molar-refractivity contribution in [2.75, 3.05) is 14.2 Å². The van der Waals surface area contributed by atoms with Gasteiger partial charge < -0.3 is 14.3 Å². The summed E-state index contributed by atoms with van der Waals surface area (Å²) >= 11 is 0. The van der Waals surface area contributed by atoms with Crippen LogP contribution in [0.25, 0.3) is 0 Å². The summed E-state index contributed by atoms with van der Waals surface area (Å²) in [5.41, 5.74) is 0.408. The SMILES string of the molecule is COc1c(CCC=O)cc(F)c(F)c1OC. The molecule has 0 saturated carbocycles. The highest BCUT2D eigenvalue weighted by Crippen LogP contribution is 2.35. The zero-order chi connectivity index (χ0) is 12.1. The molecule has 0 amide bonds. The maximum absolute atomic E-state index is 13.3. The fourth-order valence-corrected chi connectivity index (χ4v) is 1.44. The van der Waals surface area contributed by atoms with Crippen LogP contribution in [0, 0.1) is 11.6 Å². The first-order valence-electron chi connectivity index (χ1n) is 4.68. The monoisotopic (exact) mass is 230 g/mol. The minimum Gasteiger partial charge on any atom is -0.492 e. The molecule has 3 nitrogen and oxygen atoms in total. The van der Waals surface area contributed by atoms with Gasteiger partial charge >= 0.3 is 0 Å². The van der Waals surface area contributed by atoms with Crippen LogP contribution in [-0.4, -0.2) is 20.5 Å². The lowest BCUT2D eigenvalue weighted by atomic mass is 10.1. The number of rotatable bonds is 5. The molecule has 0 aliphatic rings. The van der Waals surface area contributed by atoms with Crippen molar-refractivity contribution in [3.63, 3.8) is 0 Å². The van der Waals surface area contributed by atoms with Crippen molar-refractivity contribution in [2.24, 2.45) is 0 Å². The van der Waals surface area contributed by atoms with E-state index in [2.05, 4.69) is 0 Å². The van der Waals surface area contributed by atoms with Crippen LogP contribution in [-0.2, 0) is 11.2 Å². The van der Waals surface area contributed by atoms with Crippen molar-refractivity contribution in [3.05, 3.63) is 23.3 Å². The van der Waals surface area contributed by atoms with E-state index in [0.717, 1.165) is 6.07 Å². The molecule has 0 saturated heterocycles. The number of aryl methyl sites for hydroxylation is 1. The fourth-order valence-electron chi connectivity index (χ4n) is 1.44. The van der Waals surface area contributed by atoms with Crippen LogP contribution >= 0.6 is 0 Å². The van der Waals surface area contributed by atoms with Gasteiger partial charge in [-0.3, -0.25) is 0 Å². The van der Waals surface area contributed by atoms with Gasteiger partial charge in [0.2, 0.25) is 5.82 Å². The summed E-state index contributed by atoms with van der Waals surface area (Å²) in [6, 6.07) is 1.01. The van der Waals surface area contributed by atoms with E-state index in [1.54, 1.807) is 0 Å². The first-order chi connectivity index (χ1) is 7.65. The van der Waals surface area contributed by atoms with Crippen molar-refractivity contribution in [1.29, 1.82) is 0 Å². The van der Waals surface area contributed by atoms with Gasteiger partial charge in [-0.15, -0.1) is 0 Å². The minimum atomic E-state index is -1.09. The quantitative estimate of drug-likeness (QED) is 0.727. The second-order valence-corrected chi connectivity index (χ2v) is 3.10. The molecule has 0 bridgehead atoms. The molecular weight excluding hydrogens is 218 g/mol. The number of hydrogen-bond donors (Lipinski definition) is 0. The largest absolute Gasteiger partial charge is 0.492 e. The lowest BCUT2D eigenvalue weighted by Crippen LogP contribution is -2.01. The number of methoxy groups -OCH3 is 2. The van der Waals surface area contributed by atoms with Crippen molar-refractivity contribution >= 4 is 6.29 Å². The van der Waals surface area contributed by atoms with E-state index >= 15 is 0 Å². The van der Waals surface area contributed by atoms with E-state index in [-0.39, 0.29) is 24.3 Å². The van der Waals surface area contributed by atoms with E-state index in [0.29, 0.717) is 11.8 Å². The Kier molecular flexibility index (Phi) is 4.22. The highest BCUT2D eigenvalue weighted by atomic mass is 19.2. The molecule has 88 valence electrons. The first-order valence-corrected chi connectivity index (χ1v) is 4.68. The zero-order valence-corrected chi connectivity index (χ0v) is 9.05. The molecule has 1 rings (SSSR count). The summed E-state index contributed by atoms with van der Waals surface area (Å²) in [5.74, 6) is -2.25. The second kappa shape index (κ2) is 5.44. The number of aldehydes is 1. The van der Waals surface area contributed by atoms with Crippen LogP contribution in [0.5, 0.6) is 11.5 Å². The topological polar surface area (TPSA) is 35.5 Å². The molecule has 0 radical (unpaired) electrons. The Hall–Kier alpha value is -1.65. The molecule has 0 unspecified atom stereocenters. The van der Waals surface area contributed by atoms with E-state index in [9.17, 15) is 13.6 Å². The second-order valence-electron chi connectivity index (χ2n) is 3.10. The molecule has 0 aliphatic heterocycles. The molecule has 0 spiro atoms. The van der Waals surface area contributed by atoms with E-state index in [1.165, 1.54) is 14.2 Å². The molecule has 0 aromatic heterocycles. The zero-order valence-electron chi connectivity index (χ0n) is 9.05. The Balaban J connectivity index is 3.25. The van der Waals surface area contributed by atoms with Crippen LogP contribution in [0.1, 0.15) is 12.0 Å². The molecule has 0 atom stereocenters. The third-order valence-electron chi connectivity index (χ3n) is 2.15. The van der Waals surface area contributed by atoms with Gasteiger partial charge in [-0.2, -0.15) is 4.39 Å². The molecule has 16 heavy (non-hydrogen) atoms. The highest BCUT2D eigenvalue weighted by molar-refractivity contribution is 5.53. The number of carbonyl (C=O) groups is 1. The van der Waals surface area contributed by atoms with Gasteiger partial charge in [0.1, 0.15) is 6.29 Å². The van der Waals surface area contributed by atoms with Crippen molar-refractivity contribution in [2.45, 2.75) is 12.8 Å². The van der Waals surface area contributed by atoms with Crippen LogP contribution in [0.4, 0.5) is 8.78 Å². The van der Waals surface area contributed by atoms with Gasteiger partial charge in [-0.1, -0.05) is 0 Å². The molecule has 0 fully saturated rings. The van der Waals surface area contributed by atoms with Gasteiger partial charge in [0.25, 0.3) is 0 Å². The molecule has 0 aliphatic carbocycles. The average molecular weight is 230 g/mol. The van der Waals surface area contributed by atoms with Gasteiger partial charge in [-0.25, -0.2) is 4.39 Å². The van der Waals surface area contributed by atoms with Gasteiger partial charge in [0, 0.05) is 12.0 Å². The molecular formula is C11H12F2O3. The van der Waals surface area contributed by atoms with E-state index in [1.807, 2.05) is 0 Å². The normalized spacial score (nSPS) is 10.0. The summed E-state index contributed by atoms with van der Waals surface area (Å²) in [7, 11) is 2.56. The minimum absolute atomic E-state index is 0.128. The molecule has 1 aromatic carbocycles. The third-order valence-corrected chi connectivity index (χ3v) is 2.15. The summed E-state index contributed by atoms with van der Waals surface area (Å²) in [4.78, 5) is 10.2. The first kappa shape index (κ1) is 12.4. The molecule has 0 N–H and O–H groups in total. The Morgan fingerprint density at radius 1 is 1.25 bits per heavy atom. The molecule has 5 heteroatoms. The van der Waals surface area contributed by atoms with Crippen LogP contribution in [0.2, 0.25) is 0 Å². The predicted octanol–water partition coefficient (Wildman–Crippen LogP) is 2.11. The van der Waals surface area contributed by atoms with Crippen LogP contribution < -0.4 is 9.47 Å². The van der Waals surface area contributed by atoms with Gasteiger partial charge in [-0.05, 0) is 12.5 Å². The summed E-state index contributed by atoms with van der Waals surface area (Å²) < 4.78 is 36.2. The molecule has 0 heterocycles. The highest BCUT2D eigenvalue weighted by Gasteiger charge is 2.19. The number of benzene rings is 1. The maximum Gasteiger partial charge on any atom is 0.204 e. The van der Waals surface area contributed by atoms with Crippen LogP contribution in [0.15, 0.2) is 6.07 Å². The Bertz CT molecular complexity index is 391. The number of hydrogen-bond acceptors (Lipinski definition) is 3. The van der Waals surface area contributed by atoms with Gasteiger partial charge in [0.15, 0.2) is 17.3 Å². The average Bonchev–Trinajstić information content (AvgIpc) is 2.29. The third kappa shape index (κ3) is 2.29. The maximum atomic E-state index is 13.3. The number of carbonyl (C=O) groups excluding carboxylic acids is 1. The number of halogens is 2. The number of ether oxygens (including phenoxy) is 2. The summed E-state index contributed by atoms with van der Waals surface area (Å²) in [5, 5.41) is 0.